The van der Waals surface area contributed by atoms with E-state index in [1.165, 1.54) is 25.3 Å². The van der Waals surface area contributed by atoms with Gasteiger partial charge in [0.1, 0.15) is 17.4 Å². The minimum Gasteiger partial charge on any atom is -0.495 e. The fourth-order valence-corrected chi connectivity index (χ4v) is 4.02. The number of rotatable bonds is 7. The maximum atomic E-state index is 13.6. The number of ether oxygens (including phenoxy) is 1. The van der Waals surface area contributed by atoms with Crippen molar-refractivity contribution in [3.63, 3.8) is 0 Å². The highest BCUT2D eigenvalue weighted by molar-refractivity contribution is 7.89. The van der Waals surface area contributed by atoms with Crippen molar-refractivity contribution in [3.05, 3.63) is 53.1 Å². The Kier molecular flexibility index (Phi) is 6.74. The molecule has 0 aliphatic heterocycles. The van der Waals surface area contributed by atoms with Crippen molar-refractivity contribution in [1.82, 2.24) is 4.31 Å². The Morgan fingerprint density at radius 3 is 2.48 bits per heavy atom. The van der Waals surface area contributed by atoms with E-state index >= 15 is 0 Å². The Morgan fingerprint density at radius 1 is 1.22 bits per heavy atom. The summed E-state index contributed by atoms with van der Waals surface area (Å²) in [5.74, 6) is -2.22. The molecule has 0 saturated heterocycles. The molecule has 6 nitrogen and oxygen atoms in total. The summed E-state index contributed by atoms with van der Waals surface area (Å²) in [6.45, 7) is 0.985. The number of sulfonamides is 1. The van der Waals surface area contributed by atoms with Gasteiger partial charge >= 0.3 is 0 Å². The quantitative estimate of drug-likeness (QED) is 0.748. The van der Waals surface area contributed by atoms with Gasteiger partial charge in [-0.3, -0.25) is 4.79 Å². The summed E-state index contributed by atoms with van der Waals surface area (Å²) < 4.78 is 57.9. The summed E-state index contributed by atoms with van der Waals surface area (Å²) in [5, 5.41) is 2.33. The number of nitrogens with zero attached hydrogens (tertiary/aromatic N) is 1. The predicted molar refractivity (Wildman–Crippen MR) is 97.4 cm³/mol. The molecule has 2 aromatic carbocycles. The molecule has 0 fully saturated rings. The fraction of sp³-hybridized carbons (Fsp3) is 0.235. The zero-order chi connectivity index (χ0) is 20.2. The second kappa shape index (κ2) is 8.64. The summed E-state index contributed by atoms with van der Waals surface area (Å²) in [6, 6.07) is 6.57. The molecule has 27 heavy (non-hydrogen) atoms. The van der Waals surface area contributed by atoms with E-state index in [4.69, 9.17) is 16.3 Å². The smallest absolute Gasteiger partial charge is 0.243 e. The number of carbonyl (C=O) groups excluding carboxylic acids is 1. The lowest BCUT2D eigenvalue weighted by Gasteiger charge is -2.20. The number of likely N-dealkylation sites (N-methyl/N-ethyl adjacent to an activating group) is 1. The summed E-state index contributed by atoms with van der Waals surface area (Å²) in [6.07, 6.45) is 0. The number of amides is 1. The van der Waals surface area contributed by atoms with Crippen LogP contribution in [0.5, 0.6) is 5.75 Å². The first-order valence-corrected chi connectivity index (χ1v) is 9.59. The molecule has 0 heterocycles. The second-order valence-electron chi connectivity index (χ2n) is 5.40. The highest BCUT2D eigenvalue weighted by Gasteiger charge is 2.26. The summed E-state index contributed by atoms with van der Waals surface area (Å²) >= 11 is 5.97. The van der Waals surface area contributed by atoms with Gasteiger partial charge in [0.25, 0.3) is 0 Å². The van der Waals surface area contributed by atoms with E-state index in [9.17, 15) is 22.0 Å². The Hall–Kier alpha value is -2.23. The average molecular weight is 419 g/mol. The average Bonchev–Trinajstić information content (AvgIpc) is 2.61. The van der Waals surface area contributed by atoms with Crippen LogP contribution in [0.3, 0.4) is 0 Å². The highest BCUT2D eigenvalue weighted by atomic mass is 35.5. The molecular formula is C17H17ClF2N2O4S. The Balaban J connectivity index is 2.19. The van der Waals surface area contributed by atoms with Gasteiger partial charge in [-0.15, -0.1) is 0 Å². The zero-order valence-corrected chi connectivity index (χ0v) is 16.1. The van der Waals surface area contributed by atoms with Crippen LogP contribution in [0.15, 0.2) is 41.3 Å². The van der Waals surface area contributed by atoms with E-state index in [-0.39, 0.29) is 22.2 Å². The van der Waals surface area contributed by atoms with Crippen molar-refractivity contribution >= 4 is 33.2 Å². The maximum Gasteiger partial charge on any atom is 0.243 e. The molecule has 0 bridgehead atoms. The molecule has 2 rings (SSSR count). The monoisotopic (exact) mass is 418 g/mol. The van der Waals surface area contributed by atoms with Crippen molar-refractivity contribution in [1.29, 1.82) is 0 Å². The van der Waals surface area contributed by atoms with Gasteiger partial charge in [-0.1, -0.05) is 18.5 Å². The van der Waals surface area contributed by atoms with Gasteiger partial charge in [-0.25, -0.2) is 17.2 Å². The lowest BCUT2D eigenvalue weighted by Crippen LogP contribution is -2.38. The van der Waals surface area contributed by atoms with Gasteiger partial charge in [0.05, 0.1) is 29.3 Å². The number of hydrogen-bond donors (Lipinski definition) is 1. The lowest BCUT2D eigenvalue weighted by atomic mass is 10.3. The maximum absolute atomic E-state index is 13.6. The van der Waals surface area contributed by atoms with Gasteiger partial charge in [0.15, 0.2) is 0 Å². The van der Waals surface area contributed by atoms with Crippen LogP contribution in [0.1, 0.15) is 6.92 Å². The van der Waals surface area contributed by atoms with Gasteiger partial charge in [0.2, 0.25) is 15.9 Å². The molecule has 0 aliphatic rings. The third-order valence-electron chi connectivity index (χ3n) is 3.64. The molecule has 146 valence electrons. The fourth-order valence-electron chi connectivity index (χ4n) is 2.26. The third-order valence-corrected chi connectivity index (χ3v) is 5.85. The van der Waals surface area contributed by atoms with E-state index in [1.807, 2.05) is 0 Å². The van der Waals surface area contributed by atoms with E-state index in [1.54, 1.807) is 6.92 Å². The Morgan fingerprint density at radius 2 is 1.93 bits per heavy atom. The normalized spacial score (nSPS) is 11.5. The van der Waals surface area contributed by atoms with Crippen LogP contribution >= 0.6 is 11.6 Å². The second-order valence-corrected chi connectivity index (χ2v) is 7.75. The molecule has 1 N–H and O–H groups in total. The van der Waals surface area contributed by atoms with Crippen LogP contribution in [-0.2, 0) is 14.8 Å². The number of benzene rings is 2. The molecule has 0 atom stereocenters. The summed E-state index contributed by atoms with van der Waals surface area (Å²) in [4.78, 5) is 12.0. The topological polar surface area (TPSA) is 75.7 Å². The van der Waals surface area contributed by atoms with E-state index in [0.29, 0.717) is 11.8 Å². The molecule has 0 unspecified atom stereocenters. The predicted octanol–water partition coefficient (Wildman–Crippen LogP) is 3.28. The first kappa shape index (κ1) is 21.1. The first-order valence-electron chi connectivity index (χ1n) is 7.77. The minimum absolute atomic E-state index is 0.00863. The Bertz CT molecular complexity index is 954. The van der Waals surface area contributed by atoms with E-state index in [0.717, 1.165) is 16.4 Å². The van der Waals surface area contributed by atoms with Crippen LogP contribution < -0.4 is 10.1 Å². The standard InChI is InChI=1S/C17H17ClF2N2O4S/c1-3-22(10-17(23)21-15-6-4-11(19)8-14(15)20)27(24,25)12-5-7-16(26-2)13(18)9-12/h4-9H,3,10H2,1-2H3,(H,21,23). The molecule has 0 aromatic heterocycles. The molecule has 0 spiro atoms. The third kappa shape index (κ3) is 4.94. The number of methoxy groups -OCH3 is 1. The number of halogens is 3. The van der Waals surface area contributed by atoms with Crippen LogP contribution in [0.2, 0.25) is 5.02 Å². The van der Waals surface area contributed by atoms with E-state index in [2.05, 4.69) is 5.32 Å². The summed E-state index contributed by atoms with van der Waals surface area (Å²) in [7, 11) is -2.63. The van der Waals surface area contributed by atoms with Crippen molar-refractivity contribution in [2.75, 3.05) is 25.5 Å². The largest absolute Gasteiger partial charge is 0.495 e. The van der Waals surface area contributed by atoms with Crippen molar-refractivity contribution in [2.45, 2.75) is 11.8 Å². The molecule has 0 saturated carbocycles. The van der Waals surface area contributed by atoms with E-state index < -0.39 is 34.1 Å². The van der Waals surface area contributed by atoms with Crippen molar-refractivity contribution in [3.8, 4) is 5.75 Å². The Labute approximate surface area is 160 Å². The number of carbonyl (C=O) groups is 1. The van der Waals surface area contributed by atoms with Crippen LogP contribution in [0.25, 0.3) is 0 Å². The molecule has 2 aromatic rings. The first-order chi connectivity index (χ1) is 12.7. The molecular weight excluding hydrogens is 402 g/mol. The lowest BCUT2D eigenvalue weighted by molar-refractivity contribution is -0.116. The minimum atomic E-state index is -4.02. The van der Waals surface area contributed by atoms with Crippen LogP contribution in [0.4, 0.5) is 14.5 Å². The van der Waals surface area contributed by atoms with Crippen molar-refractivity contribution < 1.29 is 26.7 Å². The van der Waals surface area contributed by atoms with Gasteiger partial charge in [-0.05, 0) is 30.3 Å². The van der Waals surface area contributed by atoms with Gasteiger partial charge in [-0.2, -0.15) is 4.31 Å². The SMILES string of the molecule is CCN(CC(=O)Nc1ccc(F)cc1F)S(=O)(=O)c1ccc(OC)c(Cl)c1. The van der Waals surface area contributed by atoms with Crippen LogP contribution in [-0.4, -0.2) is 38.8 Å². The molecule has 0 radical (unpaired) electrons. The molecule has 0 aliphatic carbocycles. The molecule has 1 amide bonds. The highest BCUT2D eigenvalue weighted by Crippen LogP contribution is 2.28. The number of anilines is 1. The number of hydrogen-bond acceptors (Lipinski definition) is 4. The van der Waals surface area contributed by atoms with Crippen LogP contribution in [0, 0.1) is 11.6 Å². The van der Waals surface area contributed by atoms with Gasteiger partial charge in [0, 0.05) is 12.6 Å². The molecule has 10 heteroatoms. The zero-order valence-electron chi connectivity index (χ0n) is 14.5. The van der Waals surface area contributed by atoms with Crippen molar-refractivity contribution in [2.24, 2.45) is 0 Å². The number of nitrogens with one attached hydrogen (secondary N) is 1. The summed E-state index contributed by atoms with van der Waals surface area (Å²) in [5.41, 5.74) is -0.248. The van der Waals surface area contributed by atoms with Gasteiger partial charge < -0.3 is 10.1 Å².